The fourth-order valence-corrected chi connectivity index (χ4v) is 2.83. The van der Waals surface area contributed by atoms with Crippen molar-refractivity contribution in [3.63, 3.8) is 0 Å². The number of aryl methyl sites for hydroxylation is 4. The van der Waals surface area contributed by atoms with Crippen LogP contribution in [-0.4, -0.2) is 22.2 Å². The fourth-order valence-electron chi connectivity index (χ4n) is 2.83. The third-order valence-corrected chi connectivity index (χ3v) is 4.15. The molecule has 0 aliphatic heterocycles. The number of rotatable bonds is 6. The summed E-state index contributed by atoms with van der Waals surface area (Å²) in [6.45, 7) is 11.8. The van der Waals surface area contributed by atoms with Crippen LogP contribution >= 0.6 is 0 Å². The number of carbonyl (C=O) groups is 1. The minimum atomic E-state index is -1.06. The minimum Gasteiger partial charge on any atom is -0.490 e. The largest absolute Gasteiger partial charge is 0.490 e. The number of nitrogens with one attached hydrogen (secondary N) is 1. The molecular formula is C20H26N2O3. The summed E-state index contributed by atoms with van der Waals surface area (Å²) < 4.78 is 5.83. The Kier molecular flexibility index (Phi) is 5.67. The number of pyridine rings is 1. The first-order chi connectivity index (χ1) is 11.7. The van der Waals surface area contributed by atoms with Crippen LogP contribution < -0.4 is 10.1 Å². The zero-order valence-corrected chi connectivity index (χ0v) is 15.7. The third kappa shape index (κ3) is 4.29. The number of benzene rings is 1. The van der Waals surface area contributed by atoms with Gasteiger partial charge in [0.05, 0.1) is 6.10 Å². The number of nitrogens with zero attached hydrogens (tertiary/aromatic N) is 1. The van der Waals surface area contributed by atoms with Gasteiger partial charge in [0.1, 0.15) is 17.1 Å². The van der Waals surface area contributed by atoms with Gasteiger partial charge < -0.3 is 15.2 Å². The summed E-state index contributed by atoms with van der Waals surface area (Å²) in [4.78, 5) is 16.3. The van der Waals surface area contributed by atoms with E-state index in [-0.39, 0.29) is 11.7 Å². The molecule has 0 fully saturated rings. The molecule has 0 saturated heterocycles. The maximum absolute atomic E-state index is 11.9. The van der Waals surface area contributed by atoms with Gasteiger partial charge in [-0.3, -0.25) is 0 Å². The van der Waals surface area contributed by atoms with E-state index in [0.717, 1.165) is 28.8 Å². The Hall–Kier alpha value is -2.56. The number of aromatic carboxylic acids is 1. The first-order valence-electron chi connectivity index (χ1n) is 8.49. The van der Waals surface area contributed by atoms with Crippen molar-refractivity contribution >= 4 is 17.5 Å². The molecule has 2 aromatic rings. The number of ether oxygens (including phenoxy) is 1. The molecule has 0 spiro atoms. The molecule has 1 heterocycles. The van der Waals surface area contributed by atoms with E-state index in [4.69, 9.17) is 4.74 Å². The minimum absolute atomic E-state index is 0.0604. The van der Waals surface area contributed by atoms with Gasteiger partial charge in [0, 0.05) is 17.4 Å². The normalized spacial score (nSPS) is 11.9. The number of hydrogen-bond acceptors (Lipinski definition) is 4. The van der Waals surface area contributed by atoms with E-state index in [1.54, 1.807) is 6.07 Å². The number of anilines is 2. The van der Waals surface area contributed by atoms with Gasteiger partial charge in [0.2, 0.25) is 0 Å². The predicted octanol–water partition coefficient (Wildman–Crippen LogP) is 4.93. The molecule has 2 rings (SSSR count). The Morgan fingerprint density at radius 3 is 2.32 bits per heavy atom. The van der Waals surface area contributed by atoms with Gasteiger partial charge in [-0.2, -0.15) is 0 Å². The van der Waals surface area contributed by atoms with Gasteiger partial charge in [-0.1, -0.05) is 24.6 Å². The zero-order valence-electron chi connectivity index (χ0n) is 15.7. The van der Waals surface area contributed by atoms with Crippen molar-refractivity contribution in [2.45, 2.75) is 54.1 Å². The molecule has 1 aromatic carbocycles. The Morgan fingerprint density at radius 2 is 1.80 bits per heavy atom. The second-order valence-electron chi connectivity index (χ2n) is 6.53. The second-order valence-corrected chi connectivity index (χ2v) is 6.53. The third-order valence-electron chi connectivity index (χ3n) is 4.15. The molecular weight excluding hydrogens is 316 g/mol. The van der Waals surface area contributed by atoms with Crippen molar-refractivity contribution in [3.8, 4) is 5.75 Å². The van der Waals surface area contributed by atoms with Gasteiger partial charge in [-0.25, -0.2) is 9.78 Å². The van der Waals surface area contributed by atoms with Crippen LogP contribution in [0.15, 0.2) is 18.2 Å². The van der Waals surface area contributed by atoms with E-state index < -0.39 is 5.97 Å². The van der Waals surface area contributed by atoms with Crippen LogP contribution in [-0.2, 0) is 0 Å². The lowest BCUT2D eigenvalue weighted by atomic mass is 10.0. The predicted molar refractivity (Wildman–Crippen MR) is 100 cm³/mol. The molecule has 0 amide bonds. The summed E-state index contributed by atoms with van der Waals surface area (Å²) in [5.74, 6) is -0.407. The van der Waals surface area contributed by atoms with Crippen LogP contribution in [0, 0.1) is 27.7 Å². The molecule has 5 nitrogen and oxygen atoms in total. The van der Waals surface area contributed by atoms with Gasteiger partial charge in [-0.05, 0) is 52.2 Å². The zero-order chi connectivity index (χ0) is 18.7. The number of aromatic nitrogens is 1. The highest BCUT2D eigenvalue weighted by Gasteiger charge is 2.22. The van der Waals surface area contributed by atoms with Crippen molar-refractivity contribution in [1.29, 1.82) is 0 Å². The first kappa shape index (κ1) is 18.8. The van der Waals surface area contributed by atoms with Crippen molar-refractivity contribution in [3.05, 3.63) is 46.1 Å². The van der Waals surface area contributed by atoms with E-state index in [0.29, 0.717) is 17.3 Å². The molecule has 2 N–H and O–H groups in total. The molecule has 25 heavy (non-hydrogen) atoms. The highest BCUT2D eigenvalue weighted by Crippen LogP contribution is 2.32. The van der Waals surface area contributed by atoms with Crippen molar-refractivity contribution in [2.24, 2.45) is 0 Å². The average Bonchev–Trinajstić information content (AvgIpc) is 2.49. The van der Waals surface area contributed by atoms with Crippen LogP contribution in [0.1, 0.15) is 53.0 Å². The Labute approximate surface area is 149 Å². The van der Waals surface area contributed by atoms with Crippen molar-refractivity contribution in [1.82, 2.24) is 4.98 Å². The van der Waals surface area contributed by atoms with E-state index in [9.17, 15) is 9.90 Å². The molecule has 1 unspecified atom stereocenters. The Balaban J connectivity index is 2.56. The summed E-state index contributed by atoms with van der Waals surface area (Å²) in [7, 11) is 0. The fraction of sp³-hybridized carbons (Fsp3) is 0.400. The lowest BCUT2D eigenvalue weighted by Crippen LogP contribution is -2.15. The van der Waals surface area contributed by atoms with Gasteiger partial charge in [0.15, 0.2) is 0 Å². The number of hydrogen-bond donors (Lipinski definition) is 2. The summed E-state index contributed by atoms with van der Waals surface area (Å²) in [6, 6.07) is 5.79. The van der Waals surface area contributed by atoms with Crippen LogP contribution in [0.25, 0.3) is 0 Å². The standard InChI is InChI=1S/C20H26N2O3/c1-7-15(6)25-16-10-14(5)21-19(17(16)20(23)24)22-18-12(3)8-11(2)9-13(18)4/h8-10,15H,7H2,1-6H3,(H,21,22)(H,23,24). The second kappa shape index (κ2) is 7.55. The average molecular weight is 342 g/mol. The van der Waals surface area contributed by atoms with Crippen LogP contribution in [0.2, 0.25) is 0 Å². The molecule has 0 bridgehead atoms. The molecule has 0 saturated carbocycles. The highest BCUT2D eigenvalue weighted by molar-refractivity contribution is 5.97. The monoisotopic (exact) mass is 342 g/mol. The summed E-state index contributed by atoms with van der Waals surface area (Å²) in [5, 5.41) is 12.9. The Morgan fingerprint density at radius 1 is 1.20 bits per heavy atom. The van der Waals surface area contributed by atoms with E-state index in [2.05, 4.69) is 22.4 Å². The van der Waals surface area contributed by atoms with E-state index >= 15 is 0 Å². The van der Waals surface area contributed by atoms with Gasteiger partial charge >= 0.3 is 5.97 Å². The number of carboxylic acids is 1. The van der Waals surface area contributed by atoms with Crippen LogP contribution in [0.4, 0.5) is 11.5 Å². The maximum atomic E-state index is 11.9. The molecule has 0 radical (unpaired) electrons. The summed E-state index contributed by atoms with van der Waals surface area (Å²) >= 11 is 0. The van der Waals surface area contributed by atoms with Crippen LogP contribution in [0.5, 0.6) is 5.75 Å². The van der Waals surface area contributed by atoms with Crippen molar-refractivity contribution < 1.29 is 14.6 Å². The molecule has 5 heteroatoms. The Bertz CT molecular complexity index is 777. The quantitative estimate of drug-likeness (QED) is 0.778. The number of carboxylic acid groups (broad SMARTS) is 1. The van der Waals surface area contributed by atoms with Gasteiger partial charge in [-0.15, -0.1) is 0 Å². The smallest absolute Gasteiger partial charge is 0.343 e. The molecule has 1 atom stereocenters. The van der Waals surface area contributed by atoms with Crippen molar-refractivity contribution in [2.75, 3.05) is 5.32 Å². The summed E-state index contributed by atoms with van der Waals surface area (Å²) in [6.07, 6.45) is 0.718. The lowest BCUT2D eigenvalue weighted by Gasteiger charge is -2.19. The highest BCUT2D eigenvalue weighted by atomic mass is 16.5. The maximum Gasteiger partial charge on any atom is 0.343 e. The topological polar surface area (TPSA) is 71.5 Å². The van der Waals surface area contributed by atoms with E-state index in [1.165, 1.54) is 0 Å². The molecule has 134 valence electrons. The SMILES string of the molecule is CCC(C)Oc1cc(C)nc(Nc2c(C)cc(C)cc2C)c1C(=O)O. The first-order valence-corrected chi connectivity index (χ1v) is 8.49. The molecule has 1 aromatic heterocycles. The summed E-state index contributed by atoms with van der Waals surface area (Å²) in [5.41, 5.74) is 4.89. The van der Waals surface area contributed by atoms with E-state index in [1.807, 2.05) is 41.5 Å². The molecule has 0 aliphatic rings. The molecule has 0 aliphatic carbocycles. The van der Waals surface area contributed by atoms with Crippen LogP contribution in [0.3, 0.4) is 0 Å². The van der Waals surface area contributed by atoms with Gasteiger partial charge in [0.25, 0.3) is 0 Å². The lowest BCUT2D eigenvalue weighted by molar-refractivity contribution is 0.0690.